The van der Waals surface area contributed by atoms with Gasteiger partial charge in [-0.05, 0) is 24.3 Å². The van der Waals surface area contributed by atoms with Crippen molar-refractivity contribution >= 4 is 163 Å². The van der Waals surface area contributed by atoms with E-state index in [1.807, 2.05) is 0 Å². The van der Waals surface area contributed by atoms with Gasteiger partial charge in [0.15, 0.2) is 114 Å². The molecule has 0 aliphatic carbocycles. The van der Waals surface area contributed by atoms with Gasteiger partial charge < -0.3 is 197 Å². The number of hydrogen-bond donors (Lipinski definition) is 18. The number of nitrogens with two attached hydrogens (primary N) is 1. The van der Waals surface area contributed by atoms with E-state index >= 15 is 0 Å². The number of carboxylic acids is 4. The van der Waals surface area contributed by atoms with E-state index in [2.05, 4.69) is 120 Å². The quantitative estimate of drug-likeness (QED) is 0.0117. The second-order valence-corrected chi connectivity index (χ2v) is 34.6. The first-order chi connectivity index (χ1) is 65.9. The Hall–Kier alpha value is -6.69. The van der Waals surface area contributed by atoms with E-state index in [1.54, 1.807) is 0 Å². The molecule has 832 valence electrons. The summed E-state index contributed by atoms with van der Waals surface area (Å²) in [5.41, 5.74) is 5.59. The zero-order valence-corrected chi connectivity index (χ0v) is 77.9. The van der Waals surface area contributed by atoms with Gasteiger partial charge in [0.05, 0.1) is 32.5 Å². The van der Waals surface area contributed by atoms with E-state index in [4.69, 9.17) is 99.8 Å². The number of hydrogen-bond acceptors (Lipinski definition) is 78. The molecule has 8 aliphatic rings. The second kappa shape index (κ2) is 60.2. The molecule has 19 N–H and O–H groups in total. The Morgan fingerprint density at radius 2 is 0.587 bits per heavy atom. The molecule has 0 aromatic rings. The summed E-state index contributed by atoms with van der Waals surface area (Å²) in [6.45, 7) is -3.86. The number of aliphatic carboxylic acids is 4. The third-order valence-electron chi connectivity index (χ3n) is 17.0. The van der Waals surface area contributed by atoms with Crippen molar-refractivity contribution in [2.24, 2.45) is 5.73 Å². The summed E-state index contributed by atoms with van der Waals surface area (Å²) in [4.78, 5) is 73.6. The summed E-state index contributed by atoms with van der Waals surface area (Å²) in [7, 11) is -43.5. The van der Waals surface area contributed by atoms with E-state index < -0.39 is 359 Å². The number of aliphatic hydroxyl groups excluding tert-OH is 10. The predicted octanol–water partition coefficient (Wildman–Crippen LogP) is -25.9. The maximum Gasteiger partial charge on any atom is 0.371 e. The minimum absolute atomic E-state index is 0.443. The molecule has 1 amide bonds. The Balaban J connectivity index is 0.000000931. The molecule has 0 aromatic heterocycles. The summed E-state index contributed by atoms with van der Waals surface area (Å²) < 4.78 is 382. The summed E-state index contributed by atoms with van der Waals surface area (Å²) in [6, 6.07) is -7.74. The highest BCUT2D eigenvalue weighted by Gasteiger charge is 2.57. The molecule has 8 rings (SSSR count). The van der Waals surface area contributed by atoms with Crippen LogP contribution in [0, 0.1) is 0 Å². The first-order valence-electron chi connectivity index (χ1n) is 35.1. The third kappa shape index (κ3) is 45.3. The molecule has 0 aromatic carbocycles. The number of carbonyl (C=O) groups is 5. The third-order valence-corrected chi connectivity index (χ3v) is 20.7. The second-order valence-electron chi connectivity index (χ2n) is 26.1. The highest BCUT2D eigenvalue weighted by molar-refractivity contribution is 7.84. The maximum absolute atomic E-state index is 11.5. The average molecular weight is 2340 g/mol. The first-order valence-corrected chi connectivity index (χ1v) is 47.2. The van der Waals surface area contributed by atoms with Gasteiger partial charge in [0.25, 0.3) is 0 Å². The van der Waals surface area contributed by atoms with Crippen LogP contribution in [-0.2, 0) is 279 Å². The number of ether oxygens (including phenoxy) is 12. The SMILES string of the molecule is CC(=O)NC1C(O)OC(COS(=O)(=O)[O-])[C@@H](O[C@@H]2OC(C(=O)O)=C[C@H](O)C2OS(=O)(=O)[O-])[C@@H]1OO[O-].NC1C(O)OC(COS(=O)(=O)[O-])[C@@H](O[C@@H]2OC(C(=O)O)=C[C@H](O)C2OS(=O)(=O)[O-])[C@@H]1OO[O-].O=C(O)C1=C[C@H](O)C(O)[C@H](O[C@@H]2C(COS(=O)(=O)[O-])OC(O)C(NS(=O)(=O)[O-])[C@H]2OO[O-])O1.O=C(O)C1=C[C@H](O)C(OS(=O)(=O)[O-])[C@H](O[C@@H]2C(CO)OC(O)C(NS(=O)(=O)[O-])[C@H]2OO[O-])O1.O=S.O=S.O=S.O=S. The predicted molar refractivity (Wildman–Crippen MR) is 388 cm³/mol. The number of nitrogens with one attached hydrogen (secondary N) is 3. The van der Waals surface area contributed by atoms with Crippen LogP contribution in [0.15, 0.2) is 47.3 Å². The Morgan fingerprint density at radius 3 is 0.846 bits per heavy atom. The van der Waals surface area contributed by atoms with Gasteiger partial charge >= 0.3 is 23.9 Å². The molecule has 0 saturated carbocycles. The number of amides is 1. The van der Waals surface area contributed by atoms with Gasteiger partial charge in [0.1, 0.15) is 122 Å². The molecule has 143 heavy (non-hydrogen) atoms. The smallest absolute Gasteiger partial charge is 0.371 e. The fraction of sp³-hybridized carbons (Fsp3) is 0.740. The first kappa shape index (κ1) is 134. The van der Waals surface area contributed by atoms with Crippen molar-refractivity contribution in [3.05, 3.63) is 47.3 Å². The monoisotopic (exact) mass is 2340 g/mol. The minimum atomic E-state index is -5.60. The number of aliphatic hydroxyl groups is 10. The lowest BCUT2D eigenvalue weighted by atomic mass is 9.96. The number of carboxylic acid groups (broad SMARTS) is 4. The molecule has 4 fully saturated rings. The molecule has 0 bridgehead atoms. The van der Waals surface area contributed by atoms with Crippen molar-refractivity contribution in [2.45, 2.75) is 203 Å². The van der Waals surface area contributed by atoms with Gasteiger partial charge in [-0.25, -0.2) is 116 Å². The zero-order valence-electron chi connectivity index (χ0n) is 68.1. The Bertz CT molecular complexity index is 5090. The van der Waals surface area contributed by atoms with Gasteiger partial charge in [-0.1, -0.05) is 0 Å². The fourth-order valence-electron chi connectivity index (χ4n) is 11.8. The van der Waals surface area contributed by atoms with Crippen LogP contribution in [0.4, 0.5) is 0 Å². The van der Waals surface area contributed by atoms with Crippen LogP contribution in [0.1, 0.15) is 6.92 Å². The Labute approximate surface area is 815 Å². The molecule has 8 aliphatic heterocycles. The molecule has 32 atom stereocenters. The van der Waals surface area contributed by atoms with Gasteiger partial charge in [0.2, 0.25) is 116 Å². The topological polar surface area (TPSA) is 1290 Å². The summed E-state index contributed by atoms with van der Waals surface area (Å²) in [6.07, 6.45) is -56.9. The fourth-order valence-corrected chi connectivity index (χ4v) is 15.3. The standard InChI is InChI=1S/C14H21NO19S2.3C12H19NO18S2.4OS/c1-4(16)15-8-11(32-34-21)10(7(29-13(8)20)3-28-35(22,23)24)31-14-9(33-36(25,26)27)5(17)2-6(30-14)12(18)19;13-6-9(29-31-18)8(5(26-11(6)17)2-25-32(19,20)21)28-12-7(30-33(22,23)24)3(14)1-4(27-12)10(15)16;14-3-1-4(10(16)17)28-12(7(3)15)29-8-5(2-26-33(23,24)25)27-11(18)6(9(8)30-31-19)13-32(20,21)22;14-2-5-8(9(29-31-19)6(11(18)26-5)13-32(20,21)22)28-12-7(30-33(23,24)25)3(15)1-4(27-12)10(16)17;4*1-2/h2,5,7-11,13-14,17,20-21H,3H2,1H3,(H,15,16)(H,18,19)(H,22,23,24)(H,25,26,27);1,3,5-9,11-12,14,17-18H,2,13H2,(H,15,16)(H,19,20,21)(H,22,23,24);2*1,3,5-9,11-15,18-19H,2H2,(H,16,17)(H,20,21,22)(H,23,24,25);;;;/p-12/t5-,7?,8?,9?,10+,11+,13?,14-;3*3-,5?,6?,7?,8+,9+,11?,12-;;;;/m0000..../s1. The van der Waals surface area contributed by atoms with Crippen molar-refractivity contribution < 1.29 is 359 Å². The Morgan fingerprint density at radius 1 is 0.350 bits per heavy atom. The van der Waals surface area contributed by atoms with Crippen LogP contribution in [0.5, 0.6) is 0 Å². The van der Waals surface area contributed by atoms with Crippen molar-refractivity contribution in [1.29, 1.82) is 0 Å². The molecule has 4 saturated heterocycles. The van der Waals surface area contributed by atoms with E-state index in [-0.39, 0.29) is 0 Å². The van der Waals surface area contributed by atoms with Crippen LogP contribution >= 0.6 is 0 Å². The molecular weight excluding hydrogens is 2270 g/mol. The lowest BCUT2D eigenvalue weighted by Crippen LogP contribution is -2.67. The van der Waals surface area contributed by atoms with E-state index in [1.165, 1.54) is 9.44 Å². The van der Waals surface area contributed by atoms with E-state index in [0.29, 0.717) is 24.3 Å². The lowest BCUT2D eigenvalue weighted by Gasteiger charge is -2.46. The summed E-state index contributed by atoms with van der Waals surface area (Å²) in [5, 5.41) is 193. The van der Waals surface area contributed by atoms with Crippen LogP contribution in [-0.4, -0.2) is 445 Å². The molecule has 81 nitrogen and oxygen atoms in total. The van der Waals surface area contributed by atoms with Gasteiger partial charge in [-0.2, -0.15) is 16.8 Å². The number of carbonyl (C=O) groups excluding carboxylic acids is 1. The van der Waals surface area contributed by atoms with Crippen LogP contribution in [0.2, 0.25) is 0 Å². The van der Waals surface area contributed by atoms with Crippen LogP contribution in [0.25, 0.3) is 0 Å². The molecule has 8 heterocycles. The summed E-state index contributed by atoms with van der Waals surface area (Å²) >= 11 is 11.3. The van der Waals surface area contributed by atoms with Crippen molar-refractivity contribution in [3.63, 3.8) is 0 Å². The zero-order chi connectivity index (χ0) is 111. The molecule has 0 radical (unpaired) electrons. The van der Waals surface area contributed by atoms with Crippen LogP contribution in [0.3, 0.4) is 0 Å². The molecule has 0 spiro atoms. The Kier molecular flexibility index (Phi) is 56.6. The highest BCUT2D eigenvalue weighted by Crippen LogP contribution is 2.37. The van der Waals surface area contributed by atoms with Crippen molar-refractivity contribution in [2.75, 3.05) is 26.4 Å². The molecule has 93 heteroatoms. The highest BCUT2D eigenvalue weighted by atomic mass is 32.3. The van der Waals surface area contributed by atoms with Gasteiger partial charge in [-0.15, -0.1) is 0 Å². The average Bonchev–Trinajstić information content (AvgIpc) is 0.768. The normalized spacial score (nSPS) is 33.1. The molecular formula is C50H66N4O77S12-12. The van der Waals surface area contributed by atoms with Crippen molar-refractivity contribution in [3.8, 4) is 0 Å². The van der Waals surface area contributed by atoms with Crippen molar-refractivity contribution in [1.82, 2.24) is 14.8 Å². The largest absolute Gasteiger partial charge is 0.735 e. The number of rotatable bonds is 41. The van der Waals surface area contributed by atoms with E-state index in [9.17, 15) is 200 Å². The van der Waals surface area contributed by atoms with Crippen LogP contribution < -0.4 is 41.5 Å². The lowest BCUT2D eigenvalue weighted by molar-refractivity contribution is -0.807. The minimum Gasteiger partial charge on any atom is -0.735 e. The molecule has 16 unspecified atom stereocenters. The maximum atomic E-state index is 11.5. The van der Waals surface area contributed by atoms with E-state index in [0.717, 1.165) is 6.92 Å². The van der Waals surface area contributed by atoms with Gasteiger partial charge in [-0.3, -0.25) is 50.0 Å². The summed E-state index contributed by atoms with van der Waals surface area (Å²) in [5.74, 6) is -12.0. The van der Waals surface area contributed by atoms with Gasteiger partial charge in [0, 0.05) is 6.92 Å².